The van der Waals surface area contributed by atoms with Crippen LogP contribution in [-0.4, -0.2) is 48.6 Å². The quantitative estimate of drug-likeness (QED) is 0.833. The Bertz CT molecular complexity index is 884. The predicted octanol–water partition coefficient (Wildman–Crippen LogP) is 2.28. The highest BCUT2D eigenvalue weighted by atomic mass is 16.2. The number of rotatable bonds is 2. The summed E-state index contributed by atoms with van der Waals surface area (Å²) in [6.45, 7) is 2.01. The lowest BCUT2D eigenvalue weighted by Crippen LogP contribution is -2.56. The molecule has 7 heteroatoms. The van der Waals surface area contributed by atoms with E-state index in [0.29, 0.717) is 11.5 Å². The first kappa shape index (κ1) is 16.4. The standard InChI is InChI=1S/C19H21N5O2/c1-13-11-14-7-4-5-8-15(14)24(13)17(25)12-23-16-9-6-10-20-18(16)21(2)22(3)19(23)26/h4-10,13H,11-12H2,1-3H3/t13-/m1/s1. The molecule has 26 heavy (non-hydrogen) atoms. The molecule has 0 saturated carbocycles. The Hall–Kier alpha value is -3.09. The van der Waals surface area contributed by atoms with E-state index in [-0.39, 0.29) is 24.5 Å². The van der Waals surface area contributed by atoms with Crippen molar-refractivity contribution in [3.05, 3.63) is 48.2 Å². The Morgan fingerprint density at radius 3 is 2.65 bits per heavy atom. The van der Waals surface area contributed by atoms with Crippen LogP contribution in [0.5, 0.6) is 0 Å². The SMILES string of the molecule is C[C@@H]1Cc2ccccc2N1C(=O)CN1C(=O)N(C)N(C)c2ncccc21. The van der Waals surface area contributed by atoms with Gasteiger partial charge in [-0.3, -0.25) is 14.7 Å². The molecule has 0 unspecified atom stereocenters. The number of hydrazine groups is 1. The third-order valence-electron chi connectivity index (χ3n) is 5.09. The van der Waals surface area contributed by atoms with Crippen molar-refractivity contribution in [3.63, 3.8) is 0 Å². The van der Waals surface area contributed by atoms with Crippen LogP contribution in [0.4, 0.5) is 22.0 Å². The number of carbonyl (C=O) groups is 2. The Morgan fingerprint density at radius 2 is 1.85 bits per heavy atom. The first-order chi connectivity index (χ1) is 12.5. The van der Waals surface area contributed by atoms with Gasteiger partial charge in [-0.2, -0.15) is 0 Å². The second-order valence-corrected chi connectivity index (χ2v) is 6.71. The molecular weight excluding hydrogens is 330 g/mol. The van der Waals surface area contributed by atoms with Crippen molar-refractivity contribution in [1.29, 1.82) is 0 Å². The van der Waals surface area contributed by atoms with Gasteiger partial charge < -0.3 is 4.90 Å². The first-order valence-electron chi connectivity index (χ1n) is 8.63. The zero-order chi connectivity index (χ0) is 18.4. The number of carbonyl (C=O) groups excluding carboxylic acids is 2. The molecule has 3 heterocycles. The van der Waals surface area contributed by atoms with Gasteiger partial charge in [-0.05, 0) is 37.1 Å². The van der Waals surface area contributed by atoms with E-state index < -0.39 is 0 Å². The summed E-state index contributed by atoms with van der Waals surface area (Å²) in [6.07, 6.45) is 2.51. The van der Waals surface area contributed by atoms with Crippen LogP contribution >= 0.6 is 0 Å². The van der Waals surface area contributed by atoms with E-state index in [1.807, 2.05) is 37.3 Å². The Morgan fingerprint density at radius 1 is 1.12 bits per heavy atom. The zero-order valence-electron chi connectivity index (χ0n) is 15.1. The first-order valence-corrected chi connectivity index (χ1v) is 8.63. The minimum atomic E-state index is -0.249. The van der Waals surface area contributed by atoms with Crippen molar-refractivity contribution in [2.75, 3.05) is 35.4 Å². The molecule has 2 aliphatic rings. The summed E-state index contributed by atoms with van der Waals surface area (Å²) in [5, 5.41) is 3.15. The lowest BCUT2D eigenvalue weighted by atomic mass is 10.1. The maximum Gasteiger partial charge on any atom is 0.343 e. The van der Waals surface area contributed by atoms with Gasteiger partial charge in [0.25, 0.3) is 0 Å². The minimum Gasteiger partial charge on any atom is -0.307 e. The van der Waals surface area contributed by atoms with Gasteiger partial charge in [-0.15, -0.1) is 0 Å². The molecule has 1 atom stereocenters. The molecule has 0 aliphatic carbocycles. The molecule has 4 rings (SSSR count). The van der Waals surface area contributed by atoms with E-state index in [2.05, 4.69) is 4.98 Å². The highest BCUT2D eigenvalue weighted by Gasteiger charge is 2.37. The van der Waals surface area contributed by atoms with E-state index in [0.717, 1.165) is 17.7 Å². The van der Waals surface area contributed by atoms with Crippen molar-refractivity contribution in [1.82, 2.24) is 9.99 Å². The van der Waals surface area contributed by atoms with E-state index in [9.17, 15) is 9.59 Å². The van der Waals surface area contributed by atoms with Crippen molar-refractivity contribution in [2.24, 2.45) is 0 Å². The second-order valence-electron chi connectivity index (χ2n) is 6.71. The largest absolute Gasteiger partial charge is 0.343 e. The topological polar surface area (TPSA) is 60.0 Å². The van der Waals surface area contributed by atoms with Crippen molar-refractivity contribution in [3.8, 4) is 0 Å². The molecule has 2 aliphatic heterocycles. The second kappa shape index (κ2) is 6.01. The van der Waals surface area contributed by atoms with Gasteiger partial charge in [-0.25, -0.2) is 14.8 Å². The lowest BCUT2D eigenvalue weighted by molar-refractivity contribution is -0.117. The molecule has 0 spiro atoms. The molecule has 0 radical (unpaired) electrons. The fourth-order valence-corrected chi connectivity index (χ4v) is 3.71. The van der Waals surface area contributed by atoms with Crippen molar-refractivity contribution in [2.45, 2.75) is 19.4 Å². The summed E-state index contributed by atoms with van der Waals surface area (Å²) in [5.74, 6) is 0.556. The van der Waals surface area contributed by atoms with E-state index in [1.165, 1.54) is 9.91 Å². The highest BCUT2D eigenvalue weighted by molar-refractivity contribution is 6.07. The summed E-state index contributed by atoms with van der Waals surface area (Å²) in [6, 6.07) is 11.4. The van der Waals surface area contributed by atoms with Crippen LogP contribution in [0.2, 0.25) is 0 Å². The predicted molar refractivity (Wildman–Crippen MR) is 100 cm³/mol. The Labute approximate surface area is 152 Å². The summed E-state index contributed by atoms with van der Waals surface area (Å²) in [4.78, 5) is 33.6. The summed E-state index contributed by atoms with van der Waals surface area (Å²) in [5.41, 5.74) is 2.75. The van der Waals surface area contributed by atoms with Gasteiger partial charge in [0, 0.05) is 32.0 Å². The number of nitrogens with zero attached hydrogens (tertiary/aromatic N) is 5. The number of hydrogen-bond donors (Lipinski definition) is 0. The number of aromatic nitrogens is 1. The Balaban J connectivity index is 1.66. The normalized spacial score (nSPS) is 18.9. The van der Waals surface area contributed by atoms with Gasteiger partial charge in [0.05, 0.1) is 5.69 Å². The summed E-state index contributed by atoms with van der Waals surface area (Å²) < 4.78 is 0. The maximum absolute atomic E-state index is 13.1. The maximum atomic E-state index is 13.1. The van der Waals surface area contributed by atoms with Crippen LogP contribution in [0.15, 0.2) is 42.6 Å². The molecule has 0 fully saturated rings. The van der Waals surface area contributed by atoms with Crippen LogP contribution in [0.1, 0.15) is 12.5 Å². The fraction of sp³-hybridized carbons (Fsp3) is 0.316. The van der Waals surface area contributed by atoms with E-state index in [1.54, 1.807) is 36.3 Å². The fourth-order valence-electron chi connectivity index (χ4n) is 3.71. The molecular formula is C19H21N5O2. The van der Waals surface area contributed by atoms with Crippen LogP contribution in [-0.2, 0) is 11.2 Å². The highest BCUT2D eigenvalue weighted by Crippen LogP contribution is 2.34. The number of urea groups is 1. The smallest absolute Gasteiger partial charge is 0.307 e. The monoisotopic (exact) mass is 351 g/mol. The molecule has 0 saturated heterocycles. The number of para-hydroxylation sites is 1. The van der Waals surface area contributed by atoms with E-state index in [4.69, 9.17) is 0 Å². The Kier molecular flexibility index (Phi) is 3.79. The molecule has 3 amide bonds. The van der Waals surface area contributed by atoms with Crippen LogP contribution in [0.3, 0.4) is 0 Å². The molecule has 1 aromatic carbocycles. The molecule has 134 valence electrons. The third kappa shape index (κ3) is 2.39. The van der Waals surface area contributed by atoms with Gasteiger partial charge in [0.1, 0.15) is 6.54 Å². The number of anilines is 3. The molecule has 0 bridgehead atoms. The van der Waals surface area contributed by atoms with Crippen LogP contribution < -0.4 is 14.8 Å². The molecule has 2 aromatic rings. The number of amides is 3. The summed E-state index contributed by atoms with van der Waals surface area (Å²) in [7, 11) is 3.45. The van der Waals surface area contributed by atoms with Crippen molar-refractivity contribution < 1.29 is 9.59 Å². The number of benzene rings is 1. The minimum absolute atomic E-state index is 0.0195. The zero-order valence-corrected chi connectivity index (χ0v) is 15.1. The van der Waals surface area contributed by atoms with Crippen LogP contribution in [0, 0.1) is 0 Å². The van der Waals surface area contributed by atoms with E-state index >= 15 is 0 Å². The van der Waals surface area contributed by atoms with Gasteiger partial charge in [0.2, 0.25) is 5.91 Å². The third-order valence-corrected chi connectivity index (χ3v) is 5.09. The molecule has 7 nitrogen and oxygen atoms in total. The average Bonchev–Trinajstić information content (AvgIpc) is 2.99. The van der Waals surface area contributed by atoms with Gasteiger partial charge in [0.15, 0.2) is 5.82 Å². The lowest BCUT2D eigenvalue weighted by Gasteiger charge is -2.40. The van der Waals surface area contributed by atoms with Crippen LogP contribution in [0.25, 0.3) is 0 Å². The number of pyridine rings is 1. The van der Waals surface area contributed by atoms with Gasteiger partial charge >= 0.3 is 6.03 Å². The average molecular weight is 351 g/mol. The molecule has 1 aromatic heterocycles. The van der Waals surface area contributed by atoms with Crippen molar-refractivity contribution >= 4 is 29.1 Å². The molecule has 0 N–H and O–H groups in total. The number of fused-ring (bicyclic) bond motifs is 2. The summed E-state index contributed by atoms with van der Waals surface area (Å²) >= 11 is 0. The van der Waals surface area contributed by atoms with Gasteiger partial charge in [-0.1, -0.05) is 18.2 Å². The number of hydrogen-bond acceptors (Lipinski definition) is 4.